The molecule has 8 heteroatoms. The van der Waals surface area contributed by atoms with Crippen LogP contribution in [0, 0.1) is 11.7 Å². The Balaban J connectivity index is 0.00000176. The zero-order valence-corrected chi connectivity index (χ0v) is 12.6. The largest absolute Gasteiger partial charge is 0.327 e. The van der Waals surface area contributed by atoms with E-state index in [2.05, 4.69) is 15.4 Å². The number of hydrogen-bond acceptors (Lipinski definition) is 4. The molecular weight excluding hydrogens is 309 g/mol. The Morgan fingerprint density at radius 3 is 2.82 bits per heavy atom. The fourth-order valence-electron chi connectivity index (χ4n) is 2.65. The number of nitrogens with one attached hydrogen (secondary N) is 1. The van der Waals surface area contributed by atoms with Crippen LogP contribution in [-0.4, -0.2) is 26.7 Å². The van der Waals surface area contributed by atoms with Crippen LogP contribution in [0.4, 0.5) is 10.1 Å². The summed E-state index contributed by atoms with van der Waals surface area (Å²) < 4.78 is 15.4. The highest BCUT2D eigenvalue weighted by molar-refractivity contribution is 5.93. The van der Waals surface area contributed by atoms with Crippen LogP contribution in [0.2, 0.25) is 0 Å². The molecule has 0 saturated heterocycles. The number of hydrogen-bond donors (Lipinski definition) is 2. The molecule has 1 aromatic heterocycles. The molecule has 3 rings (SSSR count). The first-order valence-electron chi connectivity index (χ1n) is 6.86. The van der Waals surface area contributed by atoms with E-state index < -0.39 is 5.82 Å². The van der Waals surface area contributed by atoms with E-state index in [1.807, 2.05) is 0 Å². The van der Waals surface area contributed by atoms with Gasteiger partial charge in [-0.15, -0.1) is 12.4 Å². The number of carbonyl (C=O) groups is 1. The SMILES string of the molecule is Cl.NC1CCCC1C(=O)Nc1ccc(-n2cncn2)c(F)c1. The number of amides is 1. The lowest BCUT2D eigenvalue weighted by atomic mass is 10.0. The fourth-order valence-corrected chi connectivity index (χ4v) is 2.65. The van der Waals surface area contributed by atoms with Gasteiger partial charge in [-0.05, 0) is 31.0 Å². The van der Waals surface area contributed by atoms with E-state index >= 15 is 0 Å². The van der Waals surface area contributed by atoms with Crippen LogP contribution < -0.4 is 11.1 Å². The monoisotopic (exact) mass is 325 g/mol. The molecule has 118 valence electrons. The van der Waals surface area contributed by atoms with Crippen molar-refractivity contribution in [2.75, 3.05) is 5.32 Å². The highest BCUT2D eigenvalue weighted by Gasteiger charge is 2.30. The second-order valence-electron chi connectivity index (χ2n) is 5.20. The number of halogens is 2. The van der Waals surface area contributed by atoms with Gasteiger partial charge in [0.2, 0.25) is 5.91 Å². The molecule has 6 nitrogen and oxygen atoms in total. The van der Waals surface area contributed by atoms with Gasteiger partial charge < -0.3 is 11.1 Å². The summed E-state index contributed by atoms with van der Waals surface area (Å²) in [6.45, 7) is 0. The maximum absolute atomic E-state index is 14.1. The zero-order valence-electron chi connectivity index (χ0n) is 11.8. The highest BCUT2D eigenvalue weighted by atomic mass is 35.5. The average molecular weight is 326 g/mol. The molecule has 1 heterocycles. The van der Waals surface area contributed by atoms with E-state index in [1.54, 1.807) is 12.1 Å². The van der Waals surface area contributed by atoms with Crippen molar-refractivity contribution < 1.29 is 9.18 Å². The maximum Gasteiger partial charge on any atom is 0.229 e. The lowest BCUT2D eigenvalue weighted by molar-refractivity contribution is -0.120. The van der Waals surface area contributed by atoms with Gasteiger partial charge in [0.1, 0.15) is 18.3 Å². The van der Waals surface area contributed by atoms with Crippen LogP contribution in [0.15, 0.2) is 30.9 Å². The van der Waals surface area contributed by atoms with Gasteiger partial charge in [0.15, 0.2) is 5.82 Å². The highest BCUT2D eigenvalue weighted by Crippen LogP contribution is 2.26. The first-order valence-corrected chi connectivity index (χ1v) is 6.86. The molecule has 22 heavy (non-hydrogen) atoms. The summed E-state index contributed by atoms with van der Waals surface area (Å²) in [6.07, 6.45) is 5.34. The Morgan fingerprint density at radius 2 is 2.23 bits per heavy atom. The zero-order chi connectivity index (χ0) is 14.8. The minimum atomic E-state index is -0.478. The van der Waals surface area contributed by atoms with Crippen molar-refractivity contribution in [3.8, 4) is 5.69 Å². The third-order valence-electron chi connectivity index (χ3n) is 3.79. The molecule has 0 bridgehead atoms. The van der Waals surface area contributed by atoms with E-state index in [9.17, 15) is 9.18 Å². The lowest BCUT2D eigenvalue weighted by Gasteiger charge is -2.15. The normalized spacial score (nSPS) is 20.5. The first-order chi connectivity index (χ1) is 10.1. The Labute approximate surface area is 133 Å². The number of anilines is 1. The van der Waals surface area contributed by atoms with Crippen LogP contribution in [0.25, 0.3) is 5.69 Å². The van der Waals surface area contributed by atoms with Gasteiger partial charge in [-0.3, -0.25) is 4.79 Å². The van der Waals surface area contributed by atoms with E-state index in [-0.39, 0.29) is 36.0 Å². The molecule has 2 atom stereocenters. The second-order valence-corrected chi connectivity index (χ2v) is 5.20. The summed E-state index contributed by atoms with van der Waals surface area (Å²) >= 11 is 0. The summed E-state index contributed by atoms with van der Waals surface area (Å²) in [7, 11) is 0. The fraction of sp³-hybridized carbons (Fsp3) is 0.357. The van der Waals surface area contributed by atoms with Crippen molar-refractivity contribution in [1.29, 1.82) is 0 Å². The van der Waals surface area contributed by atoms with E-state index in [1.165, 1.54) is 23.4 Å². The van der Waals surface area contributed by atoms with Crippen molar-refractivity contribution in [3.05, 3.63) is 36.7 Å². The standard InChI is InChI=1S/C14H16FN5O.ClH/c15-11-6-9(4-5-13(11)20-8-17-7-18-20)19-14(21)10-2-1-3-12(10)16;/h4-8,10,12H,1-3,16H2,(H,19,21);1H. The second kappa shape index (κ2) is 6.85. The summed E-state index contributed by atoms with van der Waals surface area (Å²) in [5, 5.41) is 6.60. The quantitative estimate of drug-likeness (QED) is 0.902. The summed E-state index contributed by atoms with van der Waals surface area (Å²) in [5.41, 5.74) is 6.60. The molecule has 1 aliphatic rings. The molecule has 1 aromatic carbocycles. The molecule has 0 spiro atoms. The van der Waals surface area contributed by atoms with Crippen molar-refractivity contribution in [1.82, 2.24) is 14.8 Å². The number of carbonyl (C=O) groups excluding carboxylic acids is 1. The third kappa shape index (κ3) is 3.26. The number of nitrogens with two attached hydrogens (primary N) is 1. The Morgan fingerprint density at radius 1 is 1.41 bits per heavy atom. The summed E-state index contributed by atoms with van der Waals surface area (Å²) in [4.78, 5) is 15.9. The number of benzene rings is 1. The molecule has 1 fully saturated rings. The maximum atomic E-state index is 14.1. The van der Waals surface area contributed by atoms with Gasteiger partial charge in [-0.25, -0.2) is 14.1 Å². The third-order valence-corrected chi connectivity index (χ3v) is 3.79. The van der Waals surface area contributed by atoms with Crippen LogP contribution in [0.5, 0.6) is 0 Å². The molecule has 0 aliphatic heterocycles. The summed E-state index contributed by atoms with van der Waals surface area (Å²) in [6, 6.07) is 4.35. The Hall–Kier alpha value is -1.99. The summed E-state index contributed by atoms with van der Waals surface area (Å²) in [5.74, 6) is -0.815. The minimum absolute atomic E-state index is 0. The first kappa shape index (κ1) is 16.4. The number of rotatable bonds is 3. The van der Waals surface area contributed by atoms with E-state index in [0.717, 1.165) is 19.3 Å². The van der Waals surface area contributed by atoms with E-state index in [0.29, 0.717) is 5.69 Å². The van der Waals surface area contributed by atoms with Crippen LogP contribution in [-0.2, 0) is 4.79 Å². The Kier molecular flexibility index (Phi) is 5.10. The van der Waals surface area contributed by atoms with Crippen molar-refractivity contribution in [3.63, 3.8) is 0 Å². The molecule has 2 unspecified atom stereocenters. The molecule has 3 N–H and O–H groups in total. The van der Waals surface area contributed by atoms with Crippen LogP contribution >= 0.6 is 12.4 Å². The van der Waals surface area contributed by atoms with Gasteiger partial charge in [-0.2, -0.15) is 5.10 Å². The average Bonchev–Trinajstić information content (AvgIpc) is 3.10. The van der Waals surface area contributed by atoms with Crippen molar-refractivity contribution in [2.45, 2.75) is 25.3 Å². The van der Waals surface area contributed by atoms with Crippen LogP contribution in [0.1, 0.15) is 19.3 Å². The molecule has 1 saturated carbocycles. The molecule has 0 radical (unpaired) electrons. The number of aromatic nitrogens is 3. The number of nitrogens with zero attached hydrogens (tertiary/aromatic N) is 3. The van der Waals surface area contributed by atoms with Crippen molar-refractivity contribution in [2.24, 2.45) is 11.7 Å². The van der Waals surface area contributed by atoms with E-state index in [4.69, 9.17) is 5.73 Å². The predicted octanol–water partition coefficient (Wildman–Crippen LogP) is 1.89. The molecule has 1 amide bonds. The molecular formula is C14H17ClFN5O. The Bertz CT molecular complexity index is 649. The minimum Gasteiger partial charge on any atom is -0.327 e. The van der Waals surface area contributed by atoms with Gasteiger partial charge in [0.25, 0.3) is 0 Å². The van der Waals surface area contributed by atoms with Gasteiger partial charge >= 0.3 is 0 Å². The molecule has 1 aliphatic carbocycles. The van der Waals surface area contributed by atoms with Gasteiger partial charge in [0.05, 0.1) is 5.92 Å². The topological polar surface area (TPSA) is 85.8 Å². The van der Waals surface area contributed by atoms with Gasteiger partial charge in [0, 0.05) is 11.7 Å². The van der Waals surface area contributed by atoms with Gasteiger partial charge in [-0.1, -0.05) is 6.42 Å². The van der Waals surface area contributed by atoms with Crippen molar-refractivity contribution >= 4 is 24.0 Å². The predicted molar refractivity (Wildman–Crippen MR) is 82.5 cm³/mol. The smallest absolute Gasteiger partial charge is 0.229 e. The van der Waals surface area contributed by atoms with Crippen LogP contribution in [0.3, 0.4) is 0 Å². The lowest BCUT2D eigenvalue weighted by Crippen LogP contribution is -2.34. The molecule has 2 aromatic rings.